The van der Waals surface area contributed by atoms with Gasteiger partial charge in [0.15, 0.2) is 5.78 Å². The number of nitrogens with one attached hydrogen (secondary N) is 1. The van der Waals surface area contributed by atoms with Gasteiger partial charge in [-0.2, -0.15) is 0 Å². The highest BCUT2D eigenvalue weighted by molar-refractivity contribution is 5.98. The van der Waals surface area contributed by atoms with Gasteiger partial charge in [0.2, 0.25) is 5.79 Å². The van der Waals surface area contributed by atoms with Gasteiger partial charge < -0.3 is 14.8 Å². The number of ketones is 1. The van der Waals surface area contributed by atoms with Crippen LogP contribution in [0, 0.1) is 5.41 Å². The highest BCUT2D eigenvalue weighted by Crippen LogP contribution is 2.37. The summed E-state index contributed by atoms with van der Waals surface area (Å²) < 4.78 is 11.5. The zero-order chi connectivity index (χ0) is 16.4. The smallest absolute Gasteiger partial charge is 0.204 e. The maximum atomic E-state index is 12.6. The van der Waals surface area contributed by atoms with E-state index >= 15 is 0 Å². The molecular weight excluding hydrogens is 278 g/mol. The number of carbonyl (C=O) groups is 1. The summed E-state index contributed by atoms with van der Waals surface area (Å²) in [6.07, 6.45) is 8.51. The van der Waals surface area contributed by atoms with Gasteiger partial charge in [-0.3, -0.25) is 4.79 Å². The standard InChI is InChI=1S/C18H31NO3/c1-17(2,3)14-12-18(21-4,22-5)16(11-15(14)20)19-13-9-7-6-8-10-13/h12-13,16,19H,6-11H2,1-5H3. The number of carbonyl (C=O) groups excluding carboxylic acids is 1. The van der Waals surface area contributed by atoms with E-state index in [9.17, 15) is 4.79 Å². The Balaban J connectivity index is 2.26. The molecule has 4 nitrogen and oxygen atoms in total. The van der Waals surface area contributed by atoms with Crippen LogP contribution in [-0.2, 0) is 14.3 Å². The molecular formula is C18H31NO3. The molecule has 0 radical (unpaired) electrons. The minimum atomic E-state index is -0.853. The summed E-state index contributed by atoms with van der Waals surface area (Å²) in [4.78, 5) is 12.6. The summed E-state index contributed by atoms with van der Waals surface area (Å²) in [5.41, 5.74) is 0.604. The third kappa shape index (κ3) is 3.61. The molecule has 1 N–H and O–H groups in total. The average Bonchev–Trinajstić information content (AvgIpc) is 2.48. The van der Waals surface area contributed by atoms with Crippen molar-refractivity contribution in [2.45, 2.75) is 77.2 Å². The van der Waals surface area contributed by atoms with Crippen LogP contribution < -0.4 is 5.32 Å². The van der Waals surface area contributed by atoms with Crippen molar-refractivity contribution in [3.63, 3.8) is 0 Å². The lowest BCUT2D eigenvalue weighted by Gasteiger charge is -2.43. The van der Waals surface area contributed by atoms with Gasteiger partial charge in [-0.1, -0.05) is 40.0 Å². The molecule has 4 heteroatoms. The molecule has 2 aliphatic rings. The zero-order valence-electron chi connectivity index (χ0n) is 14.7. The van der Waals surface area contributed by atoms with E-state index in [1.165, 1.54) is 32.1 Å². The molecule has 1 atom stereocenters. The summed E-state index contributed by atoms with van der Waals surface area (Å²) in [5, 5.41) is 3.64. The Morgan fingerprint density at radius 2 is 1.73 bits per heavy atom. The number of ether oxygens (including phenoxy) is 2. The normalized spacial score (nSPS) is 26.9. The van der Waals surface area contributed by atoms with Gasteiger partial charge in [0.05, 0.1) is 6.04 Å². The molecule has 2 rings (SSSR count). The predicted molar refractivity (Wildman–Crippen MR) is 87.7 cm³/mol. The largest absolute Gasteiger partial charge is 0.348 e. The molecule has 22 heavy (non-hydrogen) atoms. The van der Waals surface area contributed by atoms with Crippen LogP contribution in [-0.4, -0.2) is 37.9 Å². The molecule has 2 aliphatic carbocycles. The Morgan fingerprint density at radius 3 is 2.23 bits per heavy atom. The summed E-state index contributed by atoms with van der Waals surface area (Å²) in [6.45, 7) is 6.17. The quantitative estimate of drug-likeness (QED) is 0.810. The number of rotatable bonds is 4. The molecule has 0 aliphatic heterocycles. The molecule has 0 spiro atoms. The third-order valence-electron chi connectivity index (χ3n) is 5.01. The van der Waals surface area contributed by atoms with E-state index in [2.05, 4.69) is 26.1 Å². The van der Waals surface area contributed by atoms with Crippen LogP contribution in [0.25, 0.3) is 0 Å². The lowest BCUT2D eigenvalue weighted by atomic mass is 9.76. The van der Waals surface area contributed by atoms with E-state index in [1.54, 1.807) is 14.2 Å². The van der Waals surface area contributed by atoms with Crippen molar-refractivity contribution in [2.75, 3.05) is 14.2 Å². The number of allylic oxidation sites excluding steroid dienone is 1. The second-order valence-corrected chi connectivity index (χ2v) is 7.62. The molecule has 0 heterocycles. The van der Waals surface area contributed by atoms with Gasteiger partial charge in [-0.25, -0.2) is 0 Å². The molecule has 1 unspecified atom stereocenters. The van der Waals surface area contributed by atoms with Crippen LogP contribution >= 0.6 is 0 Å². The van der Waals surface area contributed by atoms with Crippen molar-refractivity contribution in [3.8, 4) is 0 Å². The minimum absolute atomic E-state index is 0.121. The molecule has 0 bridgehead atoms. The molecule has 0 amide bonds. The van der Waals surface area contributed by atoms with Crippen molar-refractivity contribution in [1.82, 2.24) is 5.32 Å². The number of hydrogen-bond donors (Lipinski definition) is 1. The zero-order valence-corrected chi connectivity index (χ0v) is 14.7. The topological polar surface area (TPSA) is 47.6 Å². The maximum absolute atomic E-state index is 12.6. The van der Waals surface area contributed by atoms with Crippen LogP contribution in [0.15, 0.2) is 11.6 Å². The van der Waals surface area contributed by atoms with Crippen LogP contribution in [0.1, 0.15) is 59.3 Å². The third-order valence-corrected chi connectivity index (χ3v) is 5.01. The molecule has 0 aromatic rings. The molecule has 0 saturated heterocycles. The summed E-state index contributed by atoms with van der Waals surface area (Å²) >= 11 is 0. The van der Waals surface area contributed by atoms with E-state index in [4.69, 9.17) is 9.47 Å². The second-order valence-electron chi connectivity index (χ2n) is 7.62. The van der Waals surface area contributed by atoms with Gasteiger partial charge in [-0.15, -0.1) is 0 Å². The maximum Gasteiger partial charge on any atom is 0.204 e. The van der Waals surface area contributed by atoms with Gasteiger partial charge >= 0.3 is 0 Å². The molecule has 0 aromatic carbocycles. The predicted octanol–water partition coefficient (Wildman–Crippen LogP) is 3.21. The lowest BCUT2D eigenvalue weighted by molar-refractivity contribution is -0.196. The molecule has 0 aromatic heterocycles. The first-order valence-corrected chi connectivity index (χ1v) is 8.45. The summed E-state index contributed by atoms with van der Waals surface area (Å²) in [6, 6.07) is 0.338. The van der Waals surface area contributed by atoms with Crippen LogP contribution in [0.4, 0.5) is 0 Å². The Morgan fingerprint density at radius 1 is 1.14 bits per heavy atom. The molecule has 1 fully saturated rings. The van der Waals surface area contributed by atoms with E-state index in [-0.39, 0.29) is 17.2 Å². The van der Waals surface area contributed by atoms with E-state index in [1.807, 2.05) is 6.08 Å². The van der Waals surface area contributed by atoms with Crippen LogP contribution in [0.2, 0.25) is 0 Å². The minimum Gasteiger partial charge on any atom is -0.348 e. The Bertz CT molecular complexity index is 426. The Hall–Kier alpha value is -0.710. The lowest BCUT2D eigenvalue weighted by Crippen LogP contribution is -2.58. The summed E-state index contributed by atoms with van der Waals surface area (Å²) in [7, 11) is 3.32. The van der Waals surface area contributed by atoms with Gasteiger partial charge in [0, 0.05) is 32.3 Å². The fraction of sp³-hybridized carbons (Fsp3) is 0.833. The molecule has 126 valence electrons. The first kappa shape index (κ1) is 17.6. The monoisotopic (exact) mass is 309 g/mol. The fourth-order valence-electron chi connectivity index (χ4n) is 3.67. The number of hydrogen-bond acceptors (Lipinski definition) is 4. The van der Waals surface area contributed by atoms with E-state index in [0.29, 0.717) is 12.5 Å². The van der Waals surface area contributed by atoms with Gasteiger partial charge in [-0.05, 0) is 24.3 Å². The highest BCUT2D eigenvalue weighted by atomic mass is 16.7. The first-order valence-electron chi connectivity index (χ1n) is 8.45. The number of methoxy groups -OCH3 is 2. The van der Waals surface area contributed by atoms with E-state index in [0.717, 1.165) is 5.57 Å². The second kappa shape index (κ2) is 6.81. The molecule has 1 saturated carbocycles. The van der Waals surface area contributed by atoms with Crippen molar-refractivity contribution < 1.29 is 14.3 Å². The van der Waals surface area contributed by atoms with Gasteiger partial charge in [0.1, 0.15) is 0 Å². The number of Topliss-reactive ketones (excluding diaryl/α,β-unsaturated/α-hetero) is 1. The van der Waals surface area contributed by atoms with E-state index < -0.39 is 5.79 Å². The summed E-state index contributed by atoms with van der Waals surface area (Å²) in [5.74, 6) is -0.654. The van der Waals surface area contributed by atoms with Gasteiger partial charge in [0.25, 0.3) is 0 Å². The van der Waals surface area contributed by atoms with Crippen molar-refractivity contribution in [3.05, 3.63) is 11.6 Å². The van der Waals surface area contributed by atoms with Crippen molar-refractivity contribution >= 4 is 5.78 Å². The van der Waals surface area contributed by atoms with Crippen molar-refractivity contribution in [1.29, 1.82) is 0 Å². The SMILES string of the molecule is COC1(OC)C=C(C(C)(C)C)C(=O)CC1NC1CCCCC1. The fourth-order valence-corrected chi connectivity index (χ4v) is 3.67. The Labute approximate surface area is 134 Å². The van der Waals surface area contributed by atoms with Crippen molar-refractivity contribution in [2.24, 2.45) is 5.41 Å². The first-order chi connectivity index (χ1) is 10.3. The Kier molecular flexibility index (Phi) is 5.46. The van der Waals surface area contributed by atoms with Crippen LogP contribution in [0.5, 0.6) is 0 Å². The van der Waals surface area contributed by atoms with Crippen LogP contribution in [0.3, 0.4) is 0 Å². The highest BCUT2D eigenvalue weighted by Gasteiger charge is 2.46. The average molecular weight is 309 g/mol.